The Morgan fingerprint density at radius 3 is 2.10 bits per heavy atom. The summed E-state index contributed by atoms with van der Waals surface area (Å²) in [4.78, 5) is 22.5. The summed E-state index contributed by atoms with van der Waals surface area (Å²) in [6.07, 6.45) is -1.20. The molecule has 3 rings (SSSR count). The molecule has 0 aliphatic carbocycles. The van der Waals surface area contributed by atoms with Crippen molar-refractivity contribution in [3.8, 4) is 28.7 Å². The number of methoxy groups -OCH3 is 5. The van der Waals surface area contributed by atoms with Crippen LogP contribution in [0.2, 0.25) is 0 Å². The van der Waals surface area contributed by atoms with Crippen LogP contribution in [0, 0.1) is 0 Å². The van der Waals surface area contributed by atoms with Gasteiger partial charge in [-0.2, -0.15) is 0 Å². The van der Waals surface area contributed by atoms with Gasteiger partial charge in [0.05, 0.1) is 68.7 Å². The number of carboxylic acid groups (broad SMARTS) is 1. The molecule has 1 heterocycles. The maximum Gasteiger partial charge on any atom is 0.341 e. The van der Waals surface area contributed by atoms with Gasteiger partial charge in [-0.3, -0.25) is 4.79 Å². The smallest absolute Gasteiger partial charge is 0.341 e. The van der Waals surface area contributed by atoms with E-state index in [0.717, 1.165) is 29.7 Å². The van der Waals surface area contributed by atoms with Crippen molar-refractivity contribution >= 4 is 11.9 Å². The second-order valence-electron chi connectivity index (χ2n) is 9.92. The standard InChI is InChI=1S/C29H38FNO9/c1-31(9-7-11-40-29(34)21(30)17-27(32)33)10-8-19-15-23(35-2)24(36-3)16-20(19)22(31)12-18-13-25(37-4)28(39-6)26(14-18)38-5/h13-16,21-22H,7-12,17H2,1-6H3/p+1/t21?,22-,31-/m1/s1. The Morgan fingerprint density at radius 2 is 1.55 bits per heavy atom. The van der Waals surface area contributed by atoms with Crippen LogP contribution in [-0.4, -0.2) is 90.0 Å². The predicted molar refractivity (Wildman–Crippen MR) is 144 cm³/mol. The van der Waals surface area contributed by atoms with Crippen molar-refractivity contribution in [1.82, 2.24) is 0 Å². The molecule has 1 aliphatic heterocycles. The average Bonchev–Trinajstić information content (AvgIpc) is 2.95. The van der Waals surface area contributed by atoms with Crippen LogP contribution in [-0.2, 0) is 27.2 Å². The number of quaternary nitrogens is 1. The Hall–Kier alpha value is -3.73. The highest BCUT2D eigenvalue weighted by Gasteiger charge is 2.40. The van der Waals surface area contributed by atoms with E-state index in [0.29, 0.717) is 52.6 Å². The summed E-state index contributed by atoms with van der Waals surface area (Å²) in [7, 11) is 10.1. The fourth-order valence-corrected chi connectivity index (χ4v) is 5.33. The lowest BCUT2D eigenvalue weighted by atomic mass is 9.86. The van der Waals surface area contributed by atoms with E-state index in [1.807, 2.05) is 24.3 Å². The molecule has 0 bridgehead atoms. The zero-order valence-electron chi connectivity index (χ0n) is 24.0. The molecule has 2 aromatic rings. The lowest BCUT2D eigenvalue weighted by Crippen LogP contribution is -2.52. The summed E-state index contributed by atoms with van der Waals surface area (Å²) >= 11 is 0. The van der Waals surface area contributed by atoms with E-state index in [4.69, 9.17) is 33.5 Å². The molecule has 11 heteroatoms. The van der Waals surface area contributed by atoms with E-state index >= 15 is 0 Å². The molecule has 3 atom stereocenters. The van der Waals surface area contributed by atoms with Crippen molar-refractivity contribution in [3.05, 3.63) is 41.0 Å². The molecule has 10 nitrogen and oxygen atoms in total. The summed E-state index contributed by atoms with van der Waals surface area (Å²) < 4.78 is 47.3. The molecule has 0 saturated heterocycles. The zero-order chi connectivity index (χ0) is 29.4. The third-order valence-electron chi connectivity index (χ3n) is 7.47. The molecule has 1 N–H and O–H groups in total. The minimum absolute atomic E-state index is 0.0115. The van der Waals surface area contributed by atoms with E-state index < -0.39 is 24.5 Å². The number of aliphatic carboxylic acids is 1. The van der Waals surface area contributed by atoms with Crippen LogP contribution >= 0.6 is 0 Å². The molecule has 2 aromatic carbocycles. The maximum absolute atomic E-state index is 13.8. The van der Waals surface area contributed by atoms with Crippen molar-refractivity contribution in [1.29, 1.82) is 0 Å². The number of likely N-dealkylation sites (N-methyl/N-ethyl adjacent to an activating group) is 1. The fourth-order valence-electron chi connectivity index (χ4n) is 5.33. The monoisotopic (exact) mass is 564 g/mol. The number of ether oxygens (including phenoxy) is 6. The SMILES string of the molecule is COc1cc2c(cc1OC)[C@@H](Cc1cc(OC)c(OC)c(OC)c1)[N@+](C)(CCCOC(=O)C(F)CC(=O)O)CC2. The first-order valence-corrected chi connectivity index (χ1v) is 13.0. The molecule has 0 saturated carbocycles. The van der Waals surface area contributed by atoms with Gasteiger partial charge in [-0.1, -0.05) is 0 Å². The van der Waals surface area contributed by atoms with Crippen molar-refractivity contribution in [3.63, 3.8) is 0 Å². The number of nitrogens with zero attached hydrogens (tertiary/aromatic N) is 1. The highest BCUT2D eigenvalue weighted by atomic mass is 19.1. The van der Waals surface area contributed by atoms with Crippen molar-refractivity contribution in [2.75, 3.05) is 62.3 Å². The van der Waals surface area contributed by atoms with Gasteiger partial charge in [-0.15, -0.1) is 0 Å². The largest absolute Gasteiger partial charge is 0.493 e. The predicted octanol–water partition coefficient (Wildman–Crippen LogP) is 3.76. The number of carboxylic acids is 1. The Kier molecular flexibility index (Phi) is 10.4. The number of hydrogen-bond acceptors (Lipinski definition) is 8. The number of carbonyl (C=O) groups is 2. The van der Waals surface area contributed by atoms with Crippen LogP contribution in [0.15, 0.2) is 24.3 Å². The molecule has 0 radical (unpaired) electrons. The number of benzene rings is 2. The molecule has 40 heavy (non-hydrogen) atoms. The number of alkyl halides is 1. The third kappa shape index (κ3) is 6.88. The van der Waals surface area contributed by atoms with Gasteiger partial charge in [0.2, 0.25) is 11.9 Å². The first-order valence-electron chi connectivity index (χ1n) is 13.0. The molecule has 220 valence electrons. The zero-order valence-corrected chi connectivity index (χ0v) is 24.0. The van der Waals surface area contributed by atoms with Gasteiger partial charge in [-0.25, -0.2) is 9.18 Å². The third-order valence-corrected chi connectivity index (χ3v) is 7.47. The number of hydrogen-bond donors (Lipinski definition) is 1. The molecule has 0 aromatic heterocycles. The average molecular weight is 565 g/mol. The lowest BCUT2D eigenvalue weighted by molar-refractivity contribution is -0.941. The van der Waals surface area contributed by atoms with Crippen molar-refractivity contribution in [2.45, 2.75) is 37.9 Å². The summed E-state index contributed by atoms with van der Waals surface area (Å²) in [5.41, 5.74) is 3.25. The number of carbonyl (C=O) groups excluding carboxylic acids is 1. The minimum atomic E-state index is -2.18. The molecular formula is C29H39FNO9+. The lowest BCUT2D eigenvalue weighted by Gasteiger charge is -2.46. The van der Waals surface area contributed by atoms with Gasteiger partial charge in [0.25, 0.3) is 0 Å². The number of halogens is 1. The molecular weight excluding hydrogens is 525 g/mol. The van der Waals surface area contributed by atoms with Crippen LogP contribution in [0.3, 0.4) is 0 Å². The van der Waals surface area contributed by atoms with Crippen LogP contribution in [0.4, 0.5) is 4.39 Å². The second-order valence-corrected chi connectivity index (χ2v) is 9.92. The fraction of sp³-hybridized carbons (Fsp3) is 0.517. The van der Waals surface area contributed by atoms with Crippen LogP contribution < -0.4 is 23.7 Å². The normalized spacial score (nSPS) is 18.7. The highest BCUT2D eigenvalue weighted by Crippen LogP contribution is 2.44. The maximum atomic E-state index is 13.8. The summed E-state index contributed by atoms with van der Waals surface area (Å²) in [6, 6.07) is 7.89. The van der Waals surface area contributed by atoms with Crippen LogP contribution in [0.5, 0.6) is 28.7 Å². The quantitative estimate of drug-likeness (QED) is 0.208. The first-order chi connectivity index (χ1) is 19.1. The Bertz CT molecular complexity index is 1180. The minimum Gasteiger partial charge on any atom is -0.493 e. The second kappa shape index (κ2) is 13.6. The van der Waals surface area contributed by atoms with Crippen molar-refractivity contribution in [2.24, 2.45) is 0 Å². The Balaban J connectivity index is 1.92. The molecule has 1 aliphatic rings. The number of fused-ring (bicyclic) bond motifs is 1. The van der Waals surface area contributed by atoms with Gasteiger partial charge in [-0.05, 0) is 35.4 Å². The first kappa shape index (κ1) is 30.8. The van der Waals surface area contributed by atoms with Gasteiger partial charge >= 0.3 is 11.9 Å². The van der Waals surface area contributed by atoms with Gasteiger partial charge < -0.3 is 38.0 Å². The molecule has 1 unspecified atom stereocenters. The van der Waals surface area contributed by atoms with Crippen LogP contribution in [0.1, 0.15) is 35.6 Å². The number of rotatable bonds is 14. The summed E-state index contributed by atoms with van der Waals surface area (Å²) in [6.45, 7) is 1.42. The van der Waals surface area contributed by atoms with Gasteiger partial charge in [0.1, 0.15) is 6.04 Å². The molecule has 0 fully saturated rings. The molecule has 0 spiro atoms. The topological polar surface area (TPSA) is 110 Å². The van der Waals surface area contributed by atoms with Gasteiger partial charge in [0.15, 0.2) is 23.0 Å². The molecule has 0 amide bonds. The van der Waals surface area contributed by atoms with E-state index in [9.17, 15) is 14.0 Å². The summed E-state index contributed by atoms with van der Waals surface area (Å²) in [5.74, 6) is 0.379. The van der Waals surface area contributed by atoms with E-state index in [1.165, 1.54) is 0 Å². The van der Waals surface area contributed by atoms with Gasteiger partial charge in [0, 0.05) is 24.8 Å². The van der Waals surface area contributed by atoms with Crippen LogP contribution in [0.25, 0.3) is 0 Å². The Morgan fingerprint density at radius 1 is 0.950 bits per heavy atom. The van der Waals surface area contributed by atoms with E-state index in [2.05, 4.69) is 7.05 Å². The number of esters is 1. The summed E-state index contributed by atoms with van der Waals surface area (Å²) in [5, 5.41) is 8.71. The highest BCUT2D eigenvalue weighted by molar-refractivity contribution is 5.80. The van der Waals surface area contributed by atoms with E-state index in [1.54, 1.807) is 35.5 Å². The Labute approximate surface area is 234 Å². The van der Waals surface area contributed by atoms with E-state index in [-0.39, 0.29) is 12.6 Å². The van der Waals surface area contributed by atoms with Crippen molar-refractivity contribution < 1.29 is 52.0 Å².